The molecular weight excluding hydrogens is 290 g/mol. The van der Waals surface area contributed by atoms with Crippen molar-refractivity contribution in [3.8, 4) is 5.75 Å². The molecule has 1 saturated carbocycles. The number of anilines is 2. The third-order valence-corrected chi connectivity index (χ3v) is 4.00. The second kappa shape index (κ2) is 7.28. The summed E-state index contributed by atoms with van der Waals surface area (Å²) in [5, 5.41) is 3.28. The lowest BCUT2D eigenvalue weighted by Gasteiger charge is -2.32. The van der Waals surface area contributed by atoms with E-state index in [0.29, 0.717) is 24.5 Å². The third kappa shape index (κ3) is 4.32. The van der Waals surface area contributed by atoms with Gasteiger partial charge < -0.3 is 21.5 Å². The zero-order valence-electron chi connectivity index (χ0n) is 13.1. The van der Waals surface area contributed by atoms with Crippen molar-refractivity contribution in [3.05, 3.63) is 42.1 Å². The van der Waals surface area contributed by atoms with Crippen LogP contribution in [-0.2, 0) is 0 Å². The van der Waals surface area contributed by atoms with E-state index in [-0.39, 0.29) is 0 Å². The lowest BCUT2D eigenvalue weighted by molar-refractivity contribution is 0.315. The smallest absolute Gasteiger partial charge is 0.222 e. The number of ether oxygens (including phenoxy) is 1. The maximum Gasteiger partial charge on any atom is 0.222 e. The Hall–Kier alpha value is -2.34. The average Bonchev–Trinajstić information content (AvgIpc) is 2.52. The summed E-state index contributed by atoms with van der Waals surface area (Å²) in [6.07, 6.45) is 2.82. The molecule has 0 spiro atoms. The van der Waals surface area contributed by atoms with Crippen LogP contribution in [0.1, 0.15) is 30.9 Å². The minimum atomic E-state index is 0.294. The highest BCUT2D eigenvalue weighted by atomic mass is 16.5. The number of hydrogen-bond donors (Lipinski definition) is 3. The molecule has 3 rings (SSSR count). The number of nitrogens with one attached hydrogen (secondary N) is 1. The Morgan fingerprint density at radius 2 is 1.96 bits per heavy atom. The van der Waals surface area contributed by atoms with Crippen LogP contribution in [-0.4, -0.2) is 29.2 Å². The van der Waals surface area contributed by atoms with E-state index in [2.05, 4.69) is 15.3 Å². The number of aromatic nitrogens is 2. The molecule has 23 heavy (non-hydrogen) atoms. The van der Waals surface area contributed by atoms with Crippen molar-refractivity contribution in [3.63, 3.8) is 0 Å². The molecule has 2 aromatic rings. The van der Waals surface area contributed by atoms with Crippen molar-refractivity contribution in [1.82, 2.24) is 9.97 Å². The van der Waals surface area contributed by atoms with Crippen LogP contribution in [0.4, 0.5) is 11.8 Å². The molecule has 0 radical (unpaired) electrons. The predicted molar refractivity (Wildman–Crippen MR) is 91.4 cm³/mol. The molecule has 0 unspecified atom stereocenters. The fourth-order valence-corrected chi connectivity index (χ4v) is 2.68. The second-order valence-corrected chi connectivity index (χ2v) is 5.91. The van der Waals surface area contributed by atoms with Gasteiger partial charge in [-0.25, -0.2) is 4.98 Å². The van der Waals surface area contributed by atoms with Crippen molar-refractivity contribution in [1.29, 1.82) is 0 Å². The van der Waals surface area contributed by atoms with Gasteiger partial charge in [-0.1, -0.05) is 18.2 Å². The average molecular weight is 313 g/mol. The van der Waals surface area contributed by atoms with E-state index in [4.69, 9.17) is 16.2 Å². The number of rotatable bonds is 7. The molecule has 1 aliphatic carbocycles. The molecule has 6 nitrogen and oxygen atoms in total. The largest absolute Gasteiger partial charge is 0.494 e. The van der Waals surface area contributed by atoms with Gasteiger partial charge in [0, 0.05) is 24.6 Å². The van der Waals surface area contributed by atoms with Crippen LogP contribution in [0.5, 0.6) is 5.75 Å². The van der Waals surface area contributed by atoms with Gasteiger partial charge in [0.15, 0.2) is 0 Å². The van der Waals surface area contributed by atoms with E-state index in [1.165, 1.54) is 0 Å². The zero-order chi connectivity index (χ0) is 16.1. The Balaban J connectivity index is 1.44. The number of hydrogen-bond acceptors (Lipinski definition) is 6. The first kappa shape index (κ1) is 15.6. The molecule has 1 heterocycles. The van der Waals surface area contributed by atoms with Crippen LogP contribution >= 0.6 is 0 Å². The SMILES string of the molecule is Nc1nc(NCCCOc2ccccc2)cc(C2CC(N)C2)n1. The molecular formula is C17H23N5O. The Morgan fingerprint density at radius 3 is 2.70 bits per heavy atom. The van der Waals surface area contributed by atoms with E-state index in [1.54, 1.807) is 0 Å². The van der Waals surface area contributed by atoms with Crippen LogP contribution < -0.4 is 21.5 Å². The van der Waals surface area contributed by atoms with Crippen LogP contribution in [0.3, 0.4) is 0 Å². The van der Waals surface area contributed by atoms with Crippen LogP contribution in [0.15, 0.2) is 36.4 Å². The third-order valence-electron chi connectivity index (χ3n) is 4.00. The van der Waals surface area contributed by atoms with Crippen LogP contribution in [0.2, 0.25) is 0 Å². The zero-order valence-corrected chi connectivity index (χ0v) is 13.1. The fourth-order valence-electron chi connectivity index (χ4n) is 2.68. The standard InChI is InChI=1S/C17H23N5O/c18-13-9-12(10-13)15-11-16(22-17(19)21-15)20-7-4-8-23-14-5-2-1-3-6-14/h1-3,5-6,11-13H,4,7-10,18H2,(H3,19,20,21,22). The molecule has 1 aliphatic rings. The number of benzene rings is 1. The minimum absolute atomic E-state index is 0.294. The molecule has 0 aliphatic heterocycles. The number of nitrogens with zero attached hydrogens (tertiary/aromatic N) is 2. The van der Waals surface area contributed by atoms with E-state index in [0.717, 1.165) is 43.1 Å². The van der Waals surface area contributed by atoms with E-state index in [9.17, 15) is 0 Å². The summed E-state index contributed by atoms with van der Waals surface area (Å²) in [5.41, 5.74) is 12.6. The van der Waals surface area contributed by atoms with Gasteiger partial charge in [-0.3, -0.25) is 0 Å². The summed E-state index contributed by atoms with van der Waals surface area (Å²) in [5.74, 6) is 2.39. The number of nitrogen functional groups attached to an aromatic ring is 1. The van der Waals surface area contributed by atoms with Crippen LogP contribution in [0, 0.1) is 0 Å². The summed E-state index contributed by atoms with van der Waals surface area (Å²) in [4.78, 5) is 8.55. The molecule has 0 bridgehead atoms. The van der Waals surface area contributed by atoms with Crippen molar-refractivity contribution < 1.29 is 4.74 Å². The minimum Gasteiger partial charge on any atom is -0.494 e. The van der Waals surface area contributed by atoms with Gasteiger partial charge in [-0.15, -0.1) is 0 Å². The van der Waals surface area contributed by atoms with Crippen molar-refractivity contribution in [2.75, 3.05) is 24.2 Å². The van der Waals surface area contributed by atoms with Gasteiger partial charge in [0.25, 0.3) is 0 Å². The highest BCUT2D eigenvalue weighted by Gasteiger charge is 2.29. The van der Waals surface area contributed by atoms with E-state index < -0.39 is 0 Å². The predicted octanol–water partition coefficient (Wildman–Crippen LogP) is 2.14. The lowest BCUT2D eigenvalue weighted by atomic mass is 9.78. The highest BCUT2D eigenvalue weighted by Crippen LogP contribution is 2.35. The van der Waals surface area contributed by atoms with Crippen LogP contribution in [0.25, 0.3) is 0 Å². The summed E-state index contributed by atoms with van der Waals surface area (Å²) in [6.45, 7) is 1.43. The van der Waals surface area contributed by atoms with Gasteiger partial charge in [-0.05, 0) is 31.4 Å². The Kier molecular flexibility index (Phi) is 4.92. The molecule has 0 atom stereocenters. The second-order valence-electron chi connectivity index (χ2n) is 5.91. The number of nitrogens with two attached hydrogens (primary N) is 2. The van der Waals surface area contributed by atoms with Gasteiger partial charge >= 0.3 is 0 Å². The first-order valence-corrected chi connectivity index (χ1v) is 8.02. The Morgan fingerprint density at radius 1 is 1.17 bits per heavy atom. The molecule has 1 aromatic heterocycles. The first-order valence-electron chi connectivity index (χ1n) is 8.02. The van der Waals surface area contributed by atoms with Crippen molar-refractivity contribution in [2.45, 2.75) is 31.2 Å². The molecule has 5 N–H and O–H groups in total. The van der Waals surface area contributed by atoms with Gasteiger partial charge in [0.1, 0.15) is 11.6 Å². The maximum absolute atomic E-state index is 5.84. The molecule has 122 valence electrons. The summed E-state index contributed by atoms with van der Waals surface area (Å²) in [6, 6.07) is 12.1. The monoisotopic (exact) mass is 313 g/mol. The summed E-state index contributed by atoms with van der Waals surface area (Å²) >= 11 is 0. The van der Waals surface area contributed by atoms with Gasteiger partial charge in [-0.2, -0.15) is 4.98 Å². The van der Waals surface area contributed by atoms with Crippen molar-refractivity contribution in [2.24, 2.45) is 5.73 Å². The normalized spacial score (nSPS) is 19.9. The highest BCUT2D eigenvalue weighted by molar-refractivity contribution is 5.42. The Labute approximate surface area is 136 Å². The summed E-state index contributed by atoms with van der Waals surface area (Å²) < 4.78 is 5.66. The molecule has 1 fully saturated rings. The molecule has 0 amide bonds. The quantitative estimate of drug-likeness (QED) is 0.677. The first-order chi connectivity index (χ1) is 11.2. The Bertz CT molecular complexity index is 628. The van der Waals surface area contributed by atoms with Gasteiger partial charge in [0.2, 0.25) is 5.95 Å². The number of para-hydroxylation sites is 1. The fraction of sp³-hybridized carbons (Fsp3) is 0.412. The van der Waals surface area contributed by atoms with E-state index >= 15 is 0 Å². The molecule has 0 saturated heterocycles. The molecule has 1 aromatic carbocycles. The summed E-state index contributed by atoms with van der Waals surface area (Å²) in [7, 11) is 0. The topological polar surface area (TPSA) is 99.1 Å². The lowest BCUT2D eigenvalue weighted by Crippen LogP contribution is -2.35. The van der Waals surface area contributed by atoms with E-state index in [1.807, 2.05) is 36.4 Å². The van der Waals surface area contributed by atoms with Gasteiger partial charge in [0.05, 0.1) is 12.3 Å². The maximum atomic E-state index is 5.84. The molecule has 6 heteroatoms. The van der Waals surface area contributed by atoms with Crippen molar-refractivity contribution >= 4 is 11.8 Å².